The minimum absolute atomic E-state index is 0.124. The van der Waals surface area contributed by atoms with E-state index >= 15 is 0 Å². The van der Waals surface area contributed by atoms with Crippen LogP contribution in [-0.2, 0) is 9.59 Å². The number of nitrogens with two attached hydrogens (primary N) is 1. The van der Waals surface area contributed by atoms with Gasteiger partial charge >= 0.3 is 0 Å². The lowest BCUT2D eigenvalue weighted by Gasteiger charge is -2.23. The number of carbonyl (C=O) groups excluding carboxylic acids is 2. The average molecular weight is 506 g/mol. The first-order valence-electron chi connectivity index (χ1n) is 11.8. The van der Waals surface area contributed by atoms with Gasteiger partial charge in [0.05, 0.1) is 21.5 Å². The van der Waals surface area contributed by atoms with Gasteiger partial charge in [0.25, 0.3) is 5.91 Å². The Balaban J connectivity index is 1.41. The van der Waals surface area contributed by atoms with E-state index in [1.807, 2.05) is 55.5 Å². The molecule has 9 heteroatoms. The summed E-state index contributed by atoms with van der Waals surface area (Å²) in [6.07, 6.45) is 5.32. The summed E-state index contributed by atoms with van der Waals surface area (Å²) in [6, 6.07) is 15.5. The number of carbonyl (C=O) groups is 2. The van der Waals surface area contributed by atoms with Crippen LogP contribution in [0.3, 0.4) is 0 Å². The van der Waals surface area contributed by atoms with Gasteiger partial charge < -0.3 is 16.4 Å². The van der Waals surface area contributed by atoms with Gasteiger partial charge in [0.2, 0.25) is 5.91 Å². The molecule has 1 unspecified atom stereocenters. The van der Waals surface area contributed by atoms with E-state index in [2.05, 4.69) is 20.6 Å². The van der Waals surface area contributed by atoms with E-state index < -0.39 is 5.25 Å². The highest BCUT2D eigenvalue weighted by molar-refractivity contribution is 8.16. The number of amides is 2. The standard InChI is InChI=1S/C26H27N5O2S2/c1-15-12-13-18-19(14-15)34-26(30-18)31-24(33)22-21(27)20(23(32)28-16-8-4-2-5-9-16)25(35-22)29-17-10-6-3-7-11-17/h3,6-7,10-14,16,22H,2,4-5,8-9,27H2,1H3,(H,28,32)(H,30,31,33). The van der Waals surface area contributed by atoms with E-state index in [4.69, 9.17) is 5.73 Å². The van der Waals surface area contributed by atoms with Crippen molar-refractivity contribution in [1.82, 2.24) is 10.3 Å². The van der Waals surface area contributed by atoms with Gasteiger partial charge in [-0.1, -0.05) is 66.6 Å². The highest BCUT2D eigenvalue weighted by Crippen LogP contribution is 2.36. The van der Waals surface area contributed by atoms with Crippen LogP contribution >= 0.6 is 23.1 Å². The summed E-state index contributed by atoms with van der Waals surface area (Å²) < 4.78 is 1.00. The summed E-state index contributed by atoms with van der Waals surface area (Å²) in [5, 5.41) is 6.22. The summed E-state index contributed by atoms with van der Waals surface area (Å²) in [4.78, 5) is 35.8. The molecule has 0 saturated heterocycles. The molecule has 1 aliphatic carbocycles. The quantitative estimate of drug-likeness (QED) is 0.450. The molecule has 0 bridgehead atoms. The molecule has 1 aliphatic heterocycles. The minimum atomic E-state index is -0.765. The van der Waals surface area contributed by atoms with Crippen LogP contribution in [0.15, 0.2) is 64.8 Å². The molecule has 0 spiro atoms. The number of para-hydroxylation sites is 1. The highest BCUT2D eigenvalue weighted by Gasteiger charge is 2.39. The number of thioether (sulfide) groups is 1. The van der Waals surface area contributed by atoms with E-state index in [0.717, 1.165) is 41.5 Å². The third kappa shape index (κ3) is 5.26. The molecule has 2 heterocycles. The van der Waals surface area contributed by atoms with Gasteiger partial charge in [0.1, 0.15) is 10.3 Å². The zero-order valence-corrected chi connectivity index (χ0v) is 21.0. The molecule has 1 aromatic heterocycles. The number of nitrogens with one attached hydrogen (secondary N) is 2. The van der Waals surface area contributed by atoms with Crippen LogP contribution in [0, 0.1) is 6.92 Å². The van der Waals surface area contributed by atoms with Gasteiger partial charge in [0.15, 0.2) is 5.13 Å². The number of aliphatic imine (C=N–C) groups is 1. The first kappa shape index (κ1) is 23.6. The van der Waals surface area contributed by atoms with E-state index in [1.54, 1.807) is 0 Å². The smallest absolute Gasteiger partial charge is 0.256 e. The maximum Gasteiger partial charge on any atom is 0.256 e. The molecule has 0 radical (unpaired) electrons. The Labute approximate surface area is 212 Å². The molecule has 1 fully saturated rings. The zero-order valence-electron chi connectivity index (χ0n) is 19.4. The van der Waals surface area contributed by atoms with Gasteiger partial charge in [-0.15, -0.1) is 0 Å². The topological polar surface area (TPSA) is 109 Å². The predicted octanol–water partition coefficient (Wildman–Crippen LogP) is 5.05. The molecule has 2 aliphatic rings. The third-order valence-electron chi connectivity index (χ3n) is 6.18. The molecule has 1 atom stereocenters. The van der Waals surface area contributed by atoms with Crippen LogP contribution in [-0.4, -0.2) is 33.1 Å². The molecule has 1 saturated carbocycles. The minimum Gasteiger partial charge on any atom is -0.400 e. The van der Waals surface area contributed by atoms with Crippen molar-refractivity contribution >= 4 is 61.0 Å². The monoisotopic (exact) mass is 505 g/mol. The summed E-state index contributed by atoms with van der Waals surface area (Å²) in [5.74, 6) is -0.577. The Morgan fingerprint density at radius 1 is 1.09 bits per heavy atom. The normalized spacial score (nSPS) is 19.9. The number of benzene rings is 2. The SMILES string of the molecule is Cc1ccc2nc(NC(=O)C3SC(=Nc4ccccc4)C(C(=O)NC4CCCCC4)=C3N)sc2c1. The maximum absolute atomic E-state index is 13.3. The second kappa shape index (κ2) is 10.2. The molecule has 180 valence electrons. The van der Waals surface area contributed by atoms with E-state index in [-0.39, 0.29) is 23.6 Å². The van der Waals surface area contributed by atoms with Crippen molar-refractivity contribution in [2.45, 2.75) is 50.3 Å². The molecular formula is C26H27N5O2S2. The van der Waals surface area contributed by atoms with Crippen LogP contribution in [0.2, 0.25) is 0 Å². The van der Waals surface area contributed by atoms with Crippen molar-refractivity contribution in [3.05, 3.63) is 65.4 Å². The molecule has 2 aromatic carbocycles. The lowest BCUT2D eigenvalue weighted by Crippen LogP contribution is -2.38. The van der Waals surface area contributed by atoms with Crippen LogP contribution < -0.4 is 16.4 Å². The Bertz CT molecular complexity index is 1330. The molecule has 5 rings (SSSR count). The summed E-state index contributed by atoms with van der Waals surface area (Å²) >= 11 is 2.62. The van der Waals surface area contributed by atoms with Crippen molar-refractivity contribution in [1.29, 1.82) is 0 Å². The van der Waals surface area contributed by atoms with Gasteiger partial charge in [0, 0.05) is 11.7 Å². The van der Waals surface area contributed by atoms with Crippen LogP contribution in [0.1, 0.15) is 37.7 Å². The predicted molar refractivity (Wildman–Crippen MR) is 144 cm³/mol. The largest absolute Gasteiger partial charge is 0.400 e. The van der Waals surface area contributed by atoms with Crippen LogP contribution in [0.5, 0.6) is 0 Å². The lowest BCUT2D eigenvalue weighted by atomic mass is 9.95. The van der Waals surface area contributed by atoms with Gasteiger partial charge in [-0.2, -0.15) is 0 Å². The van der Waals surface area contributed by atoms with Gasteiger partial charge in [-0.05, 0) is 49.6 Å². The number of aryl methyl sites for hydroxylation is 1. The Kier molecular flexibility index (Phi) is 6.88. The fourth-order valence-electron chi connectivity index (χ4n) is 4.37. The van der Waals surface area contributed by atoms with Crippen molar-refractivity contribution < 1.29 is 9.59 Å². The highest BCUT2D eigenvalue weighted by atomic mass is 32.2. The Morgan fingerprint density at radius 2 is 1.86 bits per heavy atom. The molecular weight excluding hydrogens is 478 g/mol. The molecule has 3 aromatic rings. The Hall–Kier alpha value is -3.17. The van der Waals surface area contributed by atoms with Crippen LogP contribution in [0.4, 0.5) is 10.8 Å². The lowest BCUT2D eigenvalue weighted by molar-refractivity contribution is -0.117. The second-order valence-corrected chi connectivity index (χ2v) is 11.0. The van der Waals surface area contributed by atoms with Gasteiger partial charge in [-0.25, -0.2) is 9.98 Å². The number of aromatic nitrogens is 1. The fourth-order valence-corrected chi connectivity index (χ4v) is 6.46. The van der Waals surface area contributed by atoms with Crippen molar-refractivity contribution in [3.8, 4) is 0 Å². The number of rotatable bonds is 5. The van der Waals surface area contributed by atoms with Crippen molar-refractivity contribution in [3.63, 3.8) is 0 Å². The number of fused-ring (bicyclic) bond motifs is 1. The number of nitrogens with zero attached hydrogens (tertiary/aromatic N) is 2. The number of hydrogen-bond acceptors (Lipinski definition) is 7. The molecule has 7 nitrogen and oxygen atoms in total. The fraction of sp³-hybridized carbons (Fsp3) is 0.308. The first-order valence-corrected chi connectivity index (χ1v) is 13.5. The summed E-state index contributed by atoms with van der Waals surface area (Å²) in [7, 11) is 0. The van der Waals surface area contributed by atoms with Crippen molar-refractivity contribution in [2.24, 2.45) is 10.7 Å². The summed E-state index contributed by atoms with van der Waals surface area (Å²) in [6.45, 7) is 2.02. The number of thiazole rings is 1. The number of anilines is 1. The molecule has 4 N–H and O–H groups in total. The van der Waals surface area contributed by atoms with Gasteiger partial charge in [-0.3, -0.25) is 9.59 Å². The number of hydrogen-bond donors (Lipinski definition) is 3. The third-order valence-corrected chi connectivity index (χ3v) is 8.34. The Morgan fingerprint density at radius 3 is 2.63 bits per heavy atom. The maximum atomic E-state index is 13.3. The summed E-state index contributed by atoms with van der Waals surface area (Å²) in [5.41, 5.74) is 9.65. The van der Waals surface area contributed by atoms with E-state index in [0.29, 0.717) is 21.4 Å². The van der Waals surface area contributed by atoms with Crippen LogP contribution in [0.25, 0.3) is 10.2 Å². The van der Waals surface area contributed by atoms with E-state index in [1.165, 1.54) is 29.5 Å². The second-order valence-electron chi connectivity index (χ2n) is 8.87. The molecule has 35 heavy (non-hydrogen) atoms. The molecule has 2 amide bonds. The van der Waals surface area contributed by atoms with Crippen molar-refractivity contribution in [2.75, 3.05) is 5.32 Å². The zero-order chi connectivity index (χ0) is 24.4. The average Bonchev–Trinajstić information content (AvgIpc) is 3.39. The van der Waals surface area contributed by atoms with E-state index in [9.17, 15) is 9.59 Å². The first-order chi connectivity index (χ1) is 17.0.